The molecule has 20 heavy (non-hydrogen) atoms. The summed E-state index contributed by atoms with van der Waals surface area (Å²) in [4.78, 5) is 0. The Bertz CT molecular complexity index is 613. The molecule has 0 saturated heterocycles. The molecule has 2 aromatic rings. The second kappa shape index (κ2) is 6.51. The van der Waals surface area contributed by atoms with Gasteiger partial charge in [0.05, 0.1) is 19.6 Å². The van der Waals surface area contributed by atoms with Gasteiger partial charge in [-0.3, -0.25) is 0 Å². The van der Waals surface area contributed by atoms with E-state index in [-0.39, 0.29) is 5.38 Å². The standard InChI is InChI=1S/C16H16BrClO2/c1-10-5-4-6-11(7-10)16(18)12-8-14(19-2)15(20-3)9-13(12)17/h4-9,16H,1-3H3. The normalized spacial score (nSPS) is 12.1. The van der Waals surface area contributed by atoms with Crippen LogP contribution < -0.4 is 9.47 Å². The highest BCUT2D eigenvalue weighted by atomic mass is 79.9. The van der Waals surface area contributed by atoms with E-state index in [1.807, 2.05) is 24.3 Å². The number of aryl methyl sites for hydroxylation is 1. The molecule has 4 heteroatoms. The third-order valence-electron chi connectivity index (χ3n) is 3.11. The van der Waals surface area contributed by atoms with Gasteiger partial charge in [0.1, 0.15) is 0 Å². The lowest BCUT2D eigenvalue weighted by atomic mass is 10.0. The van der Waals surface area contributed by atoms with Crippen molar-refractivity contribution in [2.24, 2.45) is 0 Å². The minimum atomic E-state index is -0.246. The van der Waals surface area contributed by atoms with Gasteiger partial charge in [0.15, 0.2) is 11.5 Å². The monoisotopic (exact) mass is 354 g/mol. The van der Waals surface area contributed by atoms with Crippen molar-refractivity contribution in [3.05, 3.63) is 57.6 Å². The number of rotatable bonds is 4. The van der Waals surface area contributed by atoms with Gasteiger partial charge in [-0.1, -0.05) is 45.8 Å². The predicted molar refractivity (Wildman–Crippen MR) is 86.1 cm³/mol. The van der Waals surface area contributed by atoms with Crippen LogP contribution >= 0.6 is 27.5 Å². The SMILES string of the molecule is COc1cc(Br)c(C(Cl)c2cccc(C)c2)cc1OC. The first-order valence-corrected chi connectivity index (χ1v) is 7.41. The Balaban J connectivity index is 2.46. The Morgan fingerprint density at radius 2 is 1.70 bits per heavy atom. The zero-order chi connectivity index (χ0) is 14.7. The Morgan fingerprint density at radius 3 is 2.30 bits per heavy atom. The third kappa shape index (κ3) is 3.10. The number of ether oxygens (including phenoxy) is 2. The molecule has 0 fully saturated rings. The summed E-state index contributed by atoms with van der Waals surface area (Å²) in [5.74, 6) is 1.35. The van der Waals surface area contributed by atoms with Crippen LogP contribution in [0.15, 0.2) is 40.9 Å². The maximum Gasteiger partial charge on any atom is 0.161 e. The largest absolute Gasteiger partial charge is 0.493 e. The quantitative estimate of drug-likeness (QED) is 0.710. The lowest BCUT2D eigenvalue weighted by Gasteiger charge is -2.16. The second-order valence-corrected chi connectivity index (χ2v) is 5.80. The molecule has 0 aliphatic carbocycles. The van der Waals surface area contributed by atoms with Crippen molar-refractivity contribution in [3.63, 3.8) is 0 Å². The summed E-state index contributed by atoms with van der Waals surface area (Å²) in [7, 11) is 3.23. The molecule has 1 atom stereocenters. The van der Waals surface area contributed by atoms with Crippen LogP contribution in [-0.4, -0.2) is 14.2 Å². The fraction of sp³-hybridized carbons (Fsp3) is 0.250. The number of halogens is 2. The summed E-state index contributed by atoms with van der Waals surface area (Å²) in [5.41, 5.74) is 3.19. The van der Waals surface area contributed by atoms with Gasteiger partial charge in [-0.15, -0.1) is 11.6 Å². The van der Waals surface area contributed by atoms with E-state index >= 15 is 0 Å². The number of hydrogen-bond acceptors (Lipinski definition) is 2. The van der Waals surface area contributed by atoms with Crippen LogP contribution in [0, 0.1) is 6.92 Å². The van der Waals surface area contributed by atoms with Crippen LogP contribution in [-0.2, 0) is 0 Å². The predicted octanol–water partition coefficient (Wildman–Crippen LogP) is 5.10. The number of alkyl halides is 1. The first-order chi connectivity index (χ1) is 9.56. The minimum Gasteiger partial charge on any atom is -0.493 e. The van der Waals surface area contributed by atoms with E-state index in [2.05, 4.69) is 35.0 Å². The molecular weight excluding hydrogens is 340 g/mol. The van der Waals surface area contributed by atoms with Crippen molar-refractivity contribution in [2.45, 2.75) is 12.3 Å². The molecule has 2 aromatic carbocycles. The molecule has 0 aromatic heterocycles. The van der Waals surface area contributed by atoms with Crippen LogP contribution in [0.1, 0.15) is 22.1 Å². The molecule has 0 spiro atoms. The van der Waals surface area contributed by atoms with Crippen molar-refractivity contribution in [2.75, 3.05) is 14.2 Å². The zero-order valence-corrected chi connectivity index (χ0v) is 14.0. The molecule has 0 saturated carbocycles. The van der Waals surface area contributed by atoms with Gasteiger partial charge in [0.25, 0.3) is 0 Å². The van der Waals surface area contributed by atoms with Crippen molar-refractivity contribution in [1.82, 2.24) is 0 Å². The van der Waals surface area contributed by atoms with Crippen LogP contribution in [0.25, 0.3) is 0 Å². The lowest BCUT2D eigenvalue weighted by molar-refractivity contribution is 0.354. The summed E-state index contributed by atoms with van der Waals surface area (Å²) < 4.78 is 11.5. The maximum atomic E-state index is 6.61. The van der Waals surface area contributed by atoms with Crippen LogP contribution in [0.4, 0.5) is 0 Å². The van der Waals surface area contributed by atoms with Crippen molar-refractivity contribution < 1.29 is 9.47 Å². The van der Waals surface area contributed by atoms with E-state index in [1.165, 1.54) is 5.56 Å². The highest BCUT2D eigenvalue weighted by Gasteiger charge is 2.18. The van der Waals surface area contributed by atoms with Crippen LogP contribution in [0.5, 0.6) is 11.5 Å². The summed E-state index contributed by atoms with van der Waals surface area (Å²) >= 11 is 10.2. The topological polar surface area (TPSA) is 18.5 Å². The van der Waals surface area contributed by atoms with E-state index in [0.29, 0.717) is 11.5 Å². The lowest BCUT2D eigenvalue weighted by Crippen LogP contribution is -1.98. The van der Waals surface area contributed by atoms with Gasteiger partial charge in [-0.2, -0.15) is 0 Å². The van der Waals surface area contributed by atoms with Gasteiger partial charge in [0, 0.05) is 4.47 Å². The van der Waals surface area contributed by atoms with Crippen molar-refractivity contribution in [3.8, 4) is 11.5 Å². The average Bonchev–Trinajstić information content (AvgIpc) is 2.46. The highest BCUT2D eigenvalue weighted by Crippen LogP contribution is 2.40. The molecule has 2 nitrogen and oxygen atoms in total. The summed E-state index contributed by atoms with van der Waals surface area (Å²) in [6.45, 7) is 2.05. The average molecular weight is 356 g/mol. The van der Waals surface area contributed by atoms with E-state index in [0.717, 1.165) is 15.6 Å². The summed E-state index contributed by atoms with van der Waals surface area (Å²) in [5, 5.41) is -0.246. The van der Waals surface area contributed by atoms with E-state index < -0.39 is 0 Å². The molecule has 2 rings (SSSR count). The Kier molecular flexibility index (Phi) is 4.95. The fourth-order valence-electron chi connectivity index (χ4n) is 2.07. The molecule has 106 valence electrons. The second-order valence-electron chi connectivity index (χ2n) is 4.51. The first-order valence-electron chi connectivity index (χ1n) is 6.19. The van der Waals surface area contributed by atoms with Gasteiger partial charge in [-0.25, -0.2) is 0 Å². The highest BCUT2D eigenvalue weighted by molar-refractivity contribution is 9.10. The molecule has 0 aliphatic heterocycles. The smallest absolute Gasteiger partial charge is 0.161 e. The molecule has 0 heterocycles. The Hall–Kier alpha value is -1.19. The van der Waals surface area contributed by atoms with Gasteiger partial charge < -0.3 is 9.47 Å². The summed E-state index contributed by atoms with van der Waals surface area (Å²) in [6.07, 6.45) is 0. The molecule has 0 N–H and O–H groups in total. The Morgan fingerprint density at radius 1 is 1.05 bits per heavy atom. The Labute approximate surface area is 132 Å². The molecular formula is C16H16BrClO2. The zero-order valence-electron chi connectivity index (χ0n) is 11.6. The molecule has 0 aliphatic rings. The number of benzene rings is 2. The maximum absolute atomic E-state index is 6.61. The van der Waals surface area contributed by atoms with E-state index in [4.69, 9.17) is 21.1 Å². The first kappa shape index (κ1) is 15.2. The summed E-state index contributed by atoms with van der Waals surface area (Å²) in [6, 6.07) is 11.9. The fourth-order valence-corrected chi connectivity index (χ4v) is 3.07. The van der Waals surface area contributed by atoms with Gasteiger partial charge in [-0.05, 0) is 30.2 Å². The van der Waals surface area contributed by atoms with E-state index in [1.54, 1.807) is 14.2 Å². The molecule has 0 amide bonds. The minimum absolute atomic E-state index is 0.246. The van der Waals surface area contributed by atoms with Gasteiger partial charge >= 0.3 is 0 Å². The number of methoxy groups -OCH3 is 2. The third-order valence-corrected chi connectivity index (χ3v) is 4.28. The number of hydrogen-bond donors (Lipinski definition) is 0. The van der Waals surface area contributed by atoms with Crippen LogP contribution in [0.2, 0.25) is 0 Å². The molecule has 0 bridgehead atoms. The molecule has 0 radical (unpaired) electrons. The van der Waals surface area contributed by atoms with Crippen molar-refractivity contribution in [1.29, 1.82) is 0 Å². The van der Waals surface area contributed by atoms with Crippen molar-refractivity contribution >= 4 is 27.5 Å². The van der Waals surface area contributed by atoms with Crippen LogP contribution in [0.3, 0.4) is 0 Å². The van der Waals surface area contributed by atoms with E-state index in [9.17, 15) is 0 Å². The molecule has 1 unspecified atom stereocenters. The van der Waals surface area contributed by atoms with Gasteiger partial charge in [0.2, 0.25) is 0 Å².